The zero-order chi connectivity index (χ0) is 16.6. The molecule has 0 heterocycles. The zero-order valence-electron chi connectivity index (χ0n) is 14.0. The molecule has 0 saturated heterocycles. The fourth-order valence-corrected chi connectivity index (χ4v) is 2.47. The second-order valence-corrected chi connectivity index (χ2v) is 5.86. The molecule has 2 N–H and O–H groups in total. The summed E-state index contributed by atoms with van der Waals surface area (Å²) in [6, 6.07) is 0. The van der Waals surface area contributed by atoms with Gasteiger partial charge < -0.3 is 10.2 Å². The number of rotatable bonds is 14. The van der Waals surface area contributed by atoms with Gasteiger partial charge >= 0.3 is 5.97 Å². The van der Waals surface area contributed by atoms with Crippen LogP contribution in [0.4, 0.5) is 0 Å². The Labute approximate surface area is 135 Å². The lowest BCUT2D eigenvalue weighted by atomic mass is 10.0. The summed E-state index contributed by atoms with van der Waals surface area (Å²) < 4.78 is 0. The van der Waals surface area contributed by atoms with E-state index < -0.39 is 12.1 Å². The van der Waals surface area contributed by atoms with Crippen LogP contribution in [0.1, 0.15) is 84.0 Å². The Morgan fingerprint density at radius 2 is 1.45 bits per heavy atom. The minimum Gasteiger partial charge on any atom is -0.478 e. The fourth-order valence-electron chi connectivity index (χ4n) is 2.47. The Hall–Kier alpha value is -1.27. The van der Waals surface area contributed by atoms with Crippen molar-refractivity contribution >= 4 is 5.97 Å². The van der Waals surface area contributed by atoms with Crippen molar-refractivity contribution in [1.82, 2.24) is 0 Å². The summed E-state index contributed by atoms with van der Waals surface area (Å²) in [6.07, 6.45) is 19.9. The summed E-state index contributed by atoms with van der Waals surface area (Å²) in [5.41, 5.74) is -0.0745. The minimum absolute atomic E-state index is 0.0745. The molecule has 0 rings (SSSR count). The van der Waals surface area contributed by atoms with Crippen LogP contribution in [0, 0.1) is 12.3 Å². The van der Waals surface area contributed by atoms with Crippen LogP contribution in [-0.2, 0) is 4.79 Å². The molecule has 0 bridgehead atoms. The van der Waals surface area contributed by atoms with Crippen LogP contribution in [0.3, 0.4) is 0 Å². The lowest BCUT2D eigenvalue weighted by molar-refractivity contribution is -0.133. The first-order valence-electron chi connectivity index (χ1n) is 8.71. The lowest BCUT2D eigenvalue weighted by Crippen LogP contribution is -2.15. The third-order valence-electron chi connectivity index (χ3n) is 3.87. The Balaban J connectivity index is 3.53. The molecule has 22 heavy (non-hydrogen) atoms. The predicted octanol–water partition coefficient (Wildman–Crippen LogP) is 4.69. The van der Waals surface area contributed by atoms with E-state index in [1.807, 2.05) is 5.92 Å². The molecule has 0 spiro atoms. The maximum Gasteiger partial charge on any atom is 0.334 e. The Bertz CT molecular complexity index is 352. The second-order valence-electron chi connectivity index (χ2n) is 5.86. The molecule has 0 aromatic heterocycles. The van der Waals surface area contributed by atoms with Crippen molar-refractivity contribution in [3.63, 3.8) is 0 Å². The average Bonchev–Trinajstić information content (AvgIpc) is 2.51. The highest BCUT2D eigenvalue weighted by Gasteiger charge is 2.14. The van der Waals surface area contributed by atoms with Gasteiger partial charge in [-0.2, -0.15) is 0 Å². The number of aliphatic carboxylic acids is 1. The number of allylic oxidation sites excluding steroid dienone is 1. The summed E-state index contributed by atoms with van der Waals surface area (Å²) in [7, 11) is 0. The largest absolute Gasteiger partial charge is 0.478 e. The van der Waals surface area contributed by atoms with Crippen LogP contribution in [0.25, 0.3) is 0 Å². The molecular weight excluding hydrogens is 276 g/mol. The monoisotopic (exact) mass is 308 g/mol. The van der Waals surface area contributed by atoms with Gasteiger partial charge in [0.2, 0.25) is 0 Å². The predicted molar refractivity (Wildman–Crippen MR) is 91.6 cm³/mol. The van der Waals surface area contributed by atoms with Crippen LogP contribution < -0.4 is 0 Å². The number of carboxylic acid groups (broad SMARTS) is 1. The molecule has 0 fully saturated rings. The molecule has 126 valence electrons. The van der Waals surface area contributed by atoms with Crippen molar-refractivity contribution in [3.8, 4) is 12.3 Å². The van der Waals surface area contributed by atoms with Crippen molar-refractivity contribution in [1.29, 1.82) is 0 Å². The molecule has 0 aliphatic heterocycles. The molecule has 0 aromatic rings. The number of hydrogen-bond acceptors (Lipinski definition) is 2. The van der Waals surface area contributed by atoms with E-state index in [9.17, 15) is 9.90 Å². The fraction of sp³-hybridized carbons (Fsp3) is 0.737. The van der Waals surface area contributed by atoms with Gasteiger partial charge in [0.05, 0.1) is 5.57 Å². The molecule has 3 nitrogen and oxygen atoms in total. The molecule has 3 heteroatoms. The number of terminal acetylenes is 1. The summed E-state index contributed by atoms with van der Waals surface area (Å²) in [5.74, 6) is 0.915. The van der Waals surface area contributed by atoms with Crippen molar-refractivity contribution in [2.24, 2.45) is 0 Å². The van der Waals surface area contributed by atoms with Gasteiger partial charge in [-0.3, -0.25) is 0 Å². The SMILES string of the molecule is C#C[C@@H](O)/C(=C\CCCCCCCCCCCCC)C(=O)O. The quantitative estimate of drug-likeness (QED) is 0.278. The summed E-state index contributed by atoms with van der Waals surface area (Å²) in [4.78, 5) is 10.9. The van der Waals surface area contributed by atoms with E-state index in [2.05, 4.69) is 6.92 Å². The molecule has 0 aliphatic rings. The van der Waals surface area contributed by atoms with E-state index in [4.69, 9.17) is 11.5 Å². The Kier molecular flexibility index (Phi) is 13.8. The highest BCUT2D eigenvalue weighted by Crippen LogP contribution is 2.13. The maximum absolute atomic E-state index is 10.9. The average molecular weight is 308 g/mol. The number of hydrogen-bond donors (Lipinski definition) is 2. The molecule has 0 amide bonds. The molecule has 0 aromatic carbocycles. The standard InChI is InChI=1S/C19H32O3/c1-3-5-6-7-8-9-10-11-12-13-14-15-16-17(19(21)22)18(20)4-2/h2,16,18,20H,3,5-15H2,1H3,(H,21,22)/b17-16+/t18-/m1/s1. The molecule has 0 aliphatic carbocycles. The van der Waals surface area contributed by atoms with Gasteiger partial charge in [0.1, 0.15) is 6.10 Å². The van der Waals surface area contributed by atoms with Crippen LogP contribution in [0.2, 0.25) is 0 Å². The third kappa shape index (κ3) is 11.4. The van der Waals surface area contributed by atoms with Crippen LogP contribution >= 0.6 is 0 Å². The third-order valence-corrected chi connectivity index (χ3v) is 3.87. The van der Waals surface area contributed by atoms with Crippen molar-refractivity contribution < 1.29 is 15.0 Å². The normalized spacial score (nSPS) is 12.9. The minimum atomic E-state index is -1.30. The van der Waals surface area contributed by atoms with Gasteiger partial charge in [-0.25, -0.2) is 4.79 Å². The van der Waals surface area contributed by atoms with E-state index in [1.165, 1.54) is 57.8 Å². The van der Waals surface area contributed by atoms with Gasteiger partial charge in [-0.1, -0.05) is 83.1 Å². The van der Waals surface area contributed by atoms with E-state index in [0.717, 1.165) is 12.8 Å². The van der Waals surface area contributed by atoms with Crippen molar-refractivity contribution in [2.75, 3.05) is 0 Å². The highest BCUT2D eigenvalue weighted by molar-refractivity contribution is 5.88. The summed E-state index contributed by atoms with van der Waals surface area (Å²) >= 11 is 0. The number of carbonyl (C=O) groups is 1. The molecule has 0 unspecified atom stereocenters. The topological polar surface area (TPSA) is 57.5 Å². The Morgan fingerprint density at radius 1 is 1.00 bits per heavy atom. The summed E-state index contributed by atoms with van der Waals surface area (Å²) in [5, 5.41) is 18.3. The van der Waals surface area contributed by atoms with Gasteiger partial charge in [0.15, 0.2) is 0 Å². The smallest absolute Gasteiger partial charge is 0.334 e. The maximum atomic E-state index is 10.9. The molecular formula is C19H32O3. The molecule has 0 radical (unpaired) electrons. The Morgan fingerprint density at radius 3 is 1.86 bits per heavy atom. The highest BCUT2D eigenvalue weighted by atomic mass is 16.4. The lowest BCUT2D eigenvalue weighted by Gasteiger charge is -2.05. The van der Waals surface area contributed by atoms with Crippen LogP contribution in [0.5, 0.6) is 0 Å². The zero-order valence-corrected chi connectivity index (χ0v) is 14.0. The van der Waals surface area contributed by atoms with E-state index in [1.54, 1.807) is 6.08 Å². The molecule has 0 saturated carbocycles. The van der Waals surface area contributed by atoms with E-state index in [-0.39, 0.29) is 5.57 Å². The number of aliphatic hydroxyl groups excluding tert-OH is 1. The first kappa shape index (κ1) is 20.7. The first-order valence-corrected chi connectivity index (χ1v) is 8.71. The first-order chi connectivity index (χ1) is 10.6. The van der Waals surface area contributed by atoms with Crippen molar-refractivity contribution in [2.45, 2.75) is 90.1 Å². The summed E-state index contributed by atoms with van der Waals surface area (Å²) in [6.45, 7) is 2.24. The number of carboxylic acids is 1. The van der Waals surface area contributed by atoms with Gasteiger partial charge in [0.25, 0.3) is 0 Å². The van der Waals surface area contributed by atoms with E-state index in [0.29, 0.717) is 6.42 Å². The second kappa shape index (κ2) is 14.7. The van der Waals surface area contributed by atoms with Gasteiger partial charge in [0, 0.05) is 0 Å². The van der Waals surface area contributed by atoms with Gasteiger partial charge in [-0.05, 0) is 12.8 Å². The number of unbranched alkanes of at least 4 members (excludes halogenated alkanes) is 11. The van der Waals surface area contributed by atoms with E-state index >= 15 is 0 Å². The molecule has 1 atom stereocenters. The van der Waals surface area contributed by atoms with Gasteiger partial charge in [-0.15, -0.1) is 6.42 Å². The van der Waals surface area contributed by atoms with Crippen molar-refractivity contribution in [3.05, 3.63) is 11.6 Å². The van der Waals surface area contributed by atoms with Crippen LogP contribution in [-0.4, -0.2) is 22.3 Å². The number of aliphatic hydroxyl groups is 1. The van der Waals surface area contributed by atoms with Crippen LogP contribution in [0.15, 0.2) is 11.6 Å².